The predicted molar refractivity (Wildman–Crippen MR) is 82.1 cm³/mol. The molecule has 0 amide bonds. The van der Waals surface area contributed by atoms with E-state index >= 15 is 0 Å². The zero-order valence-corrected chi connectivity index (χ0v) is 12.1. The van der Waals surface area contributed by atoms with Crippen molar-refractivity contribution in [1.82, 2.24) is 9.55 Å². The lowest BCUT2D eigenvalue weighted by Crippen LogP contribution is -2.22. The van der Waals surface area contributed by atoms with Crippen molar-refractivity contribution in [2.24, 2.45) is 0 Å². The Labute approximate surface area is 125 Å². The van der Waals surface area contributed by atoms with Gasteiger partial charge in [-0.2, -0.15) is 0 Å². The minimum Gasteiger partial charge on any atom is -0.268 e. The minimum atomic E-state index is -0.155. The summed E-state index contributed by atoms with van der Waals surface area (Å²) >= 11 is 12.1. The Morgan fingerprint density at radius 2 is 1.85 bits per heavy atom. The summed E-state index contributed by atoms with van der Waals surface area (Å²) in [5.41, 5.74) is 1.06. The van der Waals surface area contributed by atoms with Crippen LogP contribution in [0.3, 0.4) is 0 Å². The average Bonchev–Trinajstić information content (AvgIpc) is 2.40. The van der Waals surface area contributed by atoms with Gasteiger partial charge in [-0.3, -0.25) is 9.36 Å². The summed E-state index contributed by atoms with van der Waals surface area (Å²) in [4.78, 5) is 17.1. The van der Waals surface area contributed by atoms with Crippen molar-refractivity contribution in [1.29, 1.82) is 0 Å². The first kappa shape index (κ1) is 13.2. The van der Waals surface area contributed by atoms with Crippen LogP contribution in [0.25, 0.3) is 16.6 Å². The summed E-state index contributed by atoms with van der Waals surface area (Å²) in [5.74, 6) is 0.567. The monoisotopic (exact) mass is 304 g/mol. The van der Waals surface area contributed by atoms with Gasteiger partial charge in [-0.05, 0) is 37.3 Å². The van der Waals surface area contributed by atoms with Crippen LogP contribution >= 0.6 is 23.2 Å². The highest BCUT2D eigenvalue weighted by Crippen LogP contribution is 2.21. The second-order valence-electron chi connectivity index (χ2n) is 4.41. The SMILES string of the molecule is Cc1nc2cc(Cl)ccc2c(=O)n1-c1ccccc1Cl. The molecule has 0 unspecified atom stereocenters. The highest BCUT2D eigenvalue weighted by atomic mass is 35.5. The summed E-state index contributed by atoms with van der Waals surface area (Å²) < 4.78 is 1.51. The lowest BCUT2D eigenvalue weighted by Gasteiger charge is -2.12. The van der Waals surface area contributed by atoms with Crippen molar-refractivity contribution in [2.45, 2.75) is 6.92 Å². The molecule has 3 aromatic rings. The lowest BCUT2D eigenvalue weighted by molar-refractivity contribution is 0.895. The van der Waals surface area contributed by atoms with E-state index in [4.69, 9.17) is 23.2 Å². The van der Waals surface area contributed by atoms with Crippen LogP contribution in [-0.4, -0.2) is 9.55 Å². The third kappa shape index (κ3) is 2.09. The molecule has 100 valence electrons. The Kier molecular flexibility index (Phi) is 3.24. The first-order valence-electron chi connectivity index (χ1n) is 6.02. The van der Waals surface area contributed by atoms with Gasteiger partial charge >= 0.3 is 0 Å². The fraction of sp³-hybridized carbons (Fsp3) is 0.0667. The van der Waals surface area contributed by atoms with Crippen molar-refractivity contribution in [3.05, 3.63) is 68.7 Å². The molecule has 0 radical (unpaired) electrons. The first-order valence-corrected chi connectivity index (χ1v) is 6.77. The van der Waals surface area contributed by atoms with Gasteiger partial charge in [0.25, 0.3) is 5.56 Å². The molecule has 1 aromatic heterocycles. The smallest absolute Gasteiger partial charge is 0.266 e. The maximum absolute atomic E-state index is 12.6. The number of aryl methyl sites for hydroxylation is 1. The Bertz CT molecular complexity index is 871. The van der Waals surface area contributed by atoms with Crippen molar-refractivity contribution < 1.29 is 0 Å². The Morgan fingerprint density at radius 3 is 2.60 bits per heavy atom. The second kappa shape index (κ2) is 4.93. The number of aromatic nitrogens is 2. The quantitative estimate of drug-likeness (QED) is 0.681. The largest absolute Gasteiger partial charge is 0.268 e. The van der Waals surface area contributed by atoms with Crippen LogP contribution < -0.4 is 5.56 Å². The molecule has 0 aliphatic heterocycles. The molecule has 0 N–H and O–H groups in total. The number of benzene rings is 2. The van der Waals surface area contributed by atoms with Gasteiger partial charge in [-0.15, -0.1) is 0 Å². The van der Waals surface area contributed by atoms with E-state index in [0.29, 0.717) is 32.5 Å². The van der Waals surface area contributed by atoms with Crippen LogP contribution in [0.1, 0.15) is 5.82 Å². The van der Waals surface area contributed by atoms with E-state index in [1.54, 1.807) is 37.3 Å². The molecule has 0 atom stereocenters. The van der Waals surface area contributed by atoms with Gasteiger partial charge in [-0.1, -0.05) is 35.3 Å². The van der Waals surface area contributed by atoms with E-state index in [-0.39, 0.29) is 5.56 Å². The molecule has 20 heavy (non-hydrogen) atoms. The lowest BCUT2D eigenvalue weighted by atomic mass is 10.2. The van der Waals surface area contributed by atoms with E-state index in [0.717, 1.165) is 0 Å². The van der Waals surface area contributed by atoms with Crippen molar-refractivity contribution in [3.63, 3.8) is 0 Å². The van der Waals surface area contributed by atoms with Gasteiger partial charge in [0.2, 0.25) is 0 Å². The maximum Gasteiger partial charge on any atom is 0.266 e. The Balaban J connectivity index is 2.41. The number of hydrogen-bond acceptors (Lipinski definition) is 2. The van der Waals surface area contributed by atoms with Crippen LogP contribution in [0.4, 0.5) is 0 Å². The molecule has 0 aliphatic rings. The zero-order valence-electron chi connectivity index (χ0n) is 10.6. The topological polar surface area (TPSA) is 34.9 Å². The van der Waals surface area contributed by atoms with Crippen LogP contribution in [0.2, 0.25) is 10.0 Å². The van der Waals surface area contributed by atoms with E-state index in [9.17, 15) is 4.79 Å². The summed E-state index contributed by atoms with van der Waals surface area (Å²) in [6.45, 7) is 1.77. The number of para-hydroxylation sites is 1. The summed E-state index contributed by atoms with van der Waals surface area (Å²) in [6.07, 6.45) is 0. The molecule has 3 rings (SSSR count). The molecule has 0 aliphatic carbocycles. The molecule has 2 aromatic carbocycles. The number of halogens is 2. The number of hydrogen-bond donors (Lipinski definition) is 0. The molecule has 3 nitrogen and oxygen atoms in total. The summed E-state index contributed by atoms with van der Waals surface area (Å²) in [6, 6.07) is 12.2. The van der Waals surface area contributed by atoms with Gasteiger partial charge in [-0.25, -0.2) is 4.98 Å². The molecular formula is C15H10Cl2N2O. The molecule has 5 heteroatoms. The molecule has 0 fully saturated rings. The van der Waals surface area contributed by atoms with Crippen LogP contribution in [0.5, 0.6) is 0 Å². The third-order valence-electron chi connectivity index (χ3n) is 3.09. The normalized spacial score (nSPS) is 10.9. The van der Waals surface area contributed by atoms with E-state index < -0.39 is 0 Å². The van der Waals surface area contributed by atoms with Crippen LogP contribution in [0, 0.1) is 6.92 Å². The van der Waals surface area contributed by atoms with Gasteiger partial charge in [0.05, 0.1) is 21.6 Å². The van der Waals surface area contributed by atoms with Gasteiger partial charge in [0.15, 0.2) is 0 Å². The third-order valence-corrected chi connectivity index (χ3v) is 3.65. The molecule has 0 saturated carbocycles. The van der Waals surface area contributed by atoms with Crippen LogP contribution in [0.15, 0.2) is 47.3 Å². The van der Waals surface area contributed by atoms with Crippen LogP contribution in [-0.2, 0) is 0 Å². The van der Waals surface area contributed by atoms with E-state index in [1.807, 2.05) is 12.1 Å². The van der Waals surface area contributed by atoms with Crippen molar-refractivity contribution in [2.75, 3.05) is 0 Å². The van der Waals surface area contributed by atoms with E-state index in [2.05, 4.69) is 4.98 Å². The highest BCUT2D eigenvalue weighted by molar-refractivity contribution is 6.32. The summed E-state index contributed by atoms with van der Waals surface area (Å²) in [5, 5.41) is 1.58. The first-order chi connectivity index (χ1) is 9.58. The minimum absolute atomic E-state index is 0.155. The fourth-order valence-electron chi connectivity index (χ4n) is 2.19. The molecule has 1 heterocycles. The van der Waals surface area contributed by atoms with Gasteiger partial charge in [0, 0.05) is 5.02 Å². The highest BCUT2D eigenvalue weighted by Gasteiger charge is 2.12. The standard InChI is InChI=1S/C15H10Cl2N2O/c1-9-18-13-8-10(16)6-7-11(13)15(20)19(9)14-5-3-2-4-12(14)17/h2-8H,1H3. The second-order valence-corrected chi connectivity index (χ2v) is 5.26. The van der Waals surface area contributed by atoms with E-state index in [1.165, 1.54) is 4.57 Å². The zero-order chi connectivity index (χ0) is 14.3. The Morgan fingerprint density at radius 1 is 1.10 bits per heavy atom. The fourth-order valence-corrected chi connectivity index (χ4v) is 2.57. The molecule has 0 bridgehead atoms. The number of nitrogens with zero attached hydrogens (tertiary/aromatic N) is 2. The Hall–Kier alpha value is -1.84. The number of rotatable bonds is 1. The van der Waals surface area contributed by atoms with Crippen molar-refractivity contribution >= 4 is 34.1 Å². The summed E-state index contributed by atoms with van der Waals surface area (Å²) in [7, 11) is 0. The molecule has 0 spiro atoms. The van der Waals surface area contributed by atoms with Crippen molar-refractivity contribution in [3.8, 4) is 5.69 Å². The maximum atomic E-state index is 12.6. The molecular weight excluding hydrogens is 295 g/mol. The number of fused-ring (bicyclic) bond motifs is 1. The predicted octanol–water partition coefficient (Wildman–Crippen LogP) is 4.00. The van der Waals surface area contributed by atoms with Gasteiger partial charge < -0.3 is 0 Å². The van der Waals surface area contributed by atoms with Gasteiger partial charge in [0.1, 0.15) is 5.82 Å². The molecule has 0 saturated heterocycles. The average molecular weight is 305 g/mol.